The number of hydrogen-bond acceptors (Lipinski definition) is 2. The van der Waals surface area contributed by atoms with Crippen molar-refractivity contribution in [3.8, 4) is 0 Å². The Balaban J connectivity index is 2.68. The van der Waals surface area contributed by atoms with E-state index in [1.165, 1.54) is 0 Å². The molecular weight excluding hydrogens is 256 g/mol. The van der Waals surface area contributed by atoms with Crippen LogP contribution in [0.25, 0.3) is 0 Å². The Morgan fingerprint density at radius 3 is 2.45 bits per heavy atom. The van der Waals surface area contributed by atoms with Gasteiger partial charge in [0.2, 0.25) is 0 Å². The quantitative estimate of drug-likeness (QED) is 0.747. The number of amides is 2. The third-order valence-corrected chi connectivity index (χ3v) is 3.36. The first-order valence-electron chi connectivity index (χ1n) is 6.86. The third-order valence-electron chi connectivity index (χ3n) is 3.36. The number of carbonyl (C=O) groups excluding carboxylic acids is 1. The summed E-state index contributed by atoms with van der Waals surface area (Å²) in [5.74, 6) is -0.610. The molecule has 1 rings (SSSR count). The minimum atomic E-state index is -1.05. The zero-order valence-electron chi connectivity index (χ0n) is 12.2. The summed E-state index contributed by atoms with van der Waals surface area (Å²) in [5, 5.41) is 14.5. The first kappa shape index (κ1) is 16.0. The zero-order valence-corrected chi connectivity index (χ0v) is 12.2. The van der Waals surface area contributed by atoms with Crippen LogP contribution in [-0.2, 0) is 0 Å². The summed E-state index contributed by atoms with van der Waals surface area (Å²) in [6, 6.07) is 4.54. The van der Waals surface area contributed by atoms with Crippen molar-refractivity contribution in [3.05, 3.63) is 29.3 Å². The Bertz CT molecular complexity index is 482. The van der Waals surface area contributed by atoms with Crippen molar-refractivity contribution >= 4 is 17.7 Å². The standard InChI is InChI=1S/C15H22N2O3/c1-4-11(5-2)9-16-15(20)17-13-7-6-10(3)8-12(13)14(18)19/h6-8,11H,4-5,9H2,1-3H3,(H,18,19)(H2,16,17,20). The van der Waals surface area contributed by atoms with E-state index in [2.05, 4.69) is 24.5 Å². The normalized spacial score (nSPS) is 10.4. The second-order valence-corrected chi connectivity index (χ2v) is 4.87. The van der Waals surface area contributed by atoms with Crippen LogP contribution in [-0.4, -0.2) is 23.7 Å². The van der Waals surface area contributed by atoms with E-state index in [0.29, 0.717) is 18.2 Å². The third kappa shape index (κ3) is 4.57. The number of anilines is 1. The summed E-state index contributed by atoms with van der Waals surface area (Å²) in [6.45, 7) is 6.56. The molecule has 0 aliphatic heterocycles. The molecule has 0 aromatic heterocycles. The number of aromatic carboxylic acids is 1. The predicted molar refractivity (Wildman–Crippen MR) is 79.2 cm³/mol. The molecule has 0 aliphatic rings. The van der Waals surface area contributed by atoms with Gasteiger partial charge in [0, 0.05) is 6.54 Å². The zero-order chi connectivity index (χ0) is 15.1. The van der Waals surface area contributed by atoms with Gasteiger partial charge in [-0.2, -0.15) is 0 Å². The van der Waals surface area contributed by atoms with Crippen molar-refractivity contribution in [1.29, 1.82) is 0 Å². The van der Waals surface area contributed by atoms with Gasteiger partial charge in [0.1, 0.15) is 0 Å². The summed E-state index contributed by atoms with van der Waals surface area (Å²) >= 11 is 0. The Kier molecular flexibility index (Phi) is 6.03. The molecule has 0 saturated heterocycles. The molecule has 3 N–H and O–H groups in total. The molecule has 0 fully saturated rings. The van der Waals surface area contributed by atoms with E-state index in [9.17, 15) is 9.59 Å². The second-order valence-electron chi connectivity index (χ2n) is 4.87. The Morgan fingerprint density at radius 2 is 1.90 bits per heavy atom. The lowest BCUT2D eigenvalue weighted by Gasteiger charge is -2.14. The van der Waals surface area contributed by atoms with E-state index >= 15 is 0 Å². The molecule has 0 bridgehead atoms. The molecule has 0 atom stereocenters. The van der Waals surface area contributed by atoms with Crippen LogP contribution in [0.5, 0.6) is 0 Å². The summed E-state index contributed by atoms with van der Waals surface area (Å²) < 4.78 is 0. The summed E-state index contributed by atoms with van der Waals surface area (Å²) in [4.78, 5) is 22.9. The lowest BCUT2D eigenvalue weighted by atomic mass is 10.0. The second kappa shape index (κ2) is 7.53. The van der Waals surface area contributed by atoms with Crippen molar-refractivity contribution in [2.75, 3.05) is 11.9 Å². The number of carboxylic acid groups (broad SMARTS) is 1. The molecule has 20 heavy (non-hydrogen) atoms. The fourth-order valence-corrected chi connectivity index (χ4v) is 1.92. The first-order chi connectivity index (χ1) is 9.47. The van der Waals surface area contributed by atoms with Gasteiger partial charge in [0.05, 0.1) is 11.3 Å². The van der Waals surface area contributed by atoms with Crippen LogP contribution in [0.15, 0.2) is 18.2 Å². The van der Waals surface area contributed by atoms with Crippen LogP contribution in [0.2, 0.25) is 0 Å². The number of benzene rings is 1. The maximum absolute atomic E-state index is 11.8. The van der Waals surface area contributed by atoms with Gasteiger partial charge in [-0.15, -0.1) is 0 Å². The number of rotatable bonds is 6. The molecule has 0 saturated carbocycles. The number of hydrogen-bond donors (Lipinski definition) is 3. The van der Waals surface area contributed by atoms with Crippen molar-refractivity contribution in [3.63, 3.8) is 0 Å². The Labute approximate surface area is 119 Å². The van der Waals surface area contributed by atoms with E-state index in [-0.39, 0.29) is 11.6 Å². The molecule has 0 heterocycles. The highest BCUT2D eigenvalue weighted by Crippen LogP contribution is 2.17. The topological polar surface area (TPSA) is 78.4 Å². The molecule has 1 aromatic rings. The average Bonchev–Trinajstić information content (AvgIpc) is 2.41. The van der Waals surface area contributed by atoms with Crippen molar-refractivity contribution in [1.82, 2.24) is 5.32 Å². The first-order valence-corrected chi connectivity index (χ1v) is 6.86. The molecule has 110 valence electrons. The smallest absolute Gasteiger partial charge is 0.337 e. The van der Waals surface area contributed by atoms with Crippen LogP contribution in [0.4, 0.5) is 10.5 Å². The van der Waals surface area contributed by atoms with Gasteiger partial charge >= 0.3 is 12.0 Å². The monoisotopic (exact) mass is 278 g/mol. The lowest BCUT2D eigenvalue weighted by molar-refractivity contribution is 0.0698. The summed E-state index contributed by atoms with van der Waals surface area (Å²) in [5.41, 5.74) is 1.25. The fourth-order valence-electron chi connectivity index (χ4n) is 1.92. The van der Waals surface area contributed by atoms with Crippen LogP contribution in [0.1, 0.15) is 42.6 Å². The highest BCUT2D eigenvalue weighted by molar-refractivity contribution is 6.00. The molecule has 5 heteroatoms. The molecule has 0 radical (unpaired) electrons. The van der Waals surface area contributed by atoms with E-state index in [1.54, 1.807) is 18.2 Å². The fraction of sp³-hybridized carbons (Fsp3) is 0.467. The van der Waals surface area contributed by atoms with Gasteiger partial charge in [0.15, 0.2) is 0 Å². The van der Waals surface area contributed by atoms with E-state index in [1.807, 2.05) is 6.92 Å². The van der Waals surface area contributed by atoms with Gasteiger partial charge in [-0.25, -0.2) is 9.59 Å². The largest absolute Gasteiger partial charge is 0.478 e. The van der Waals surface area contributed by atoms with Crippen LogP contribution >= 0.6 is 0 Å². The highest BCUT2D eigenvalue weighted by atomic mass is 16.4. The molecule has 0 unspecified atom stereocenters. The number of urea groups is 1. The van der Waals surface area contributed by atoms with Crippen LogP contribution in [0.3, 0.4) is 0 Å². The Morgan fingerprint density at radius 1 is 1.25 bits per heavy atom. The van der Waals surface area contributed by atoms with Gasteiger partial charge in [0.25, 0.3) is 0 Å². The SMILES string of the molecule is CCC(CC)CNC(=O)Nc1ccc(C)cc1C(=O)O. The van der Waals surface area contributed by atoms with Crippen LogP contribution < -0.4 is 10.6 Å². The summed E-state index contributed by atoms with van der Waals surface area (Å²) in [6.07, 6.45) is 2.00. The number of carbonyl (C=O) groups is 2. The molecule has 0 spiro atoms. The van der Waals surface area contributed by atoms with Crippen LogP contribution in [0, 0.1) is 12.8 Å². The minimum Gasteiger partial charge on any atom is -0.478 e. The lowest BCUT2D eigenvalue weighted by Crippen LogP contribution is -2.33. The average molecular weight is 278 g/mol. The van der Waals surface area contributed by atoms with Gasteiger partial charge in [-0.3, -0.25) is 0 Å². The number of carboxylic acids is 1. The number of nitrogens with one attached hydrogen (secondary N) is 2. The van der Waals surface area contributed by atoms with Crippen molar-refractivity contribution in [2.45, 2.75) is 33.6 Å². The molecule has 0 aliphatic carbocycles. The van der Waals surface area contributed by atoms with Crippen molar-refractivity contribution < 1.29 is 14.7 Å². The maximum Gasteiger partial charge on any atom is 0.337 e. The van der Waals surface area contributed by atoms with Gasteiger partial charge in [-0.1, -0.05) is 38.3 Å². The van der Waals surface area contributed by atoms with E-state index in [4.69, 9.17) is 5.11 Å². The minimum absolute atomic E-state index is 0.0997. The molecule has 1 aromatic carbocycles. The molecule has 2 amide bonds. The van der Waals surface area contributed by atoms with Gasteiger partial charge in [-0.05, 0) is 25.0 Å². The highest BCUT2D eigenvalue weighted by Gasteiger charge is 2.13. The van der Waals surface area contributed by atoms with E-state index < -0.39 is 5.97 Å². The van der Waals surface area contributed by atoms with Crippen molar-refractivity contribution in [2.24, 2.45) is 5.92 Å². The molecular formula is C15H22N2O3. The molecule has 5 nitrogen and oxygen atoms in total. The van der Waals surface area contributed by atoms with Gasteiger partial charge < -0.3 is 15.7 Å². The Hall–Kier alpha value is -2.04. The predicted octanol–water partition coefficient (Wildman–Crippen LogP) is 3.25. The maximum atomic E-state index is 11.8. The van der Waals surface area contributed by atoms with E-state index in [0.717, 1.165) is 18.4 Å². The summed E-state index contributed by atoms with van der Waals surface area (Å²) in [7, 11) is 0. The number of aryl methyl sites for hydroxylation is 1.